The van der Waals surface area contributed by atoms with E-state index in [0.717, 1.165) is 44.4 Å². The molecular weight excluding hydrogens is 278 g/mol. The van der Waals surface area contributed by atoms with Gasteiger partial charge in [-0.05, 0) is 19.3 Å². The van der Waals surface area contributed by atoms with Crippen LogP contribution in [0.4, 0.5) is 8.78 Å². The third-order valence-electron chi connectivity index (χ3n) is 3.94. The summed E-state index contributed by atoms with van der Waals surface area (Å²) in [5.74, 6) is -1.79. The van der Waals surface area contributed by atoms with Crippen LogP contribution in [0.3, 0.4) is 0 Å². The van der Waals surface area contributed by atoms with Gasteiger partial charge in [-0.3, -0.25) is 9.78 Å². The highest BCUT2D eigenvalue weighted by molar-refractivity contribution is 5.75. The molecule has 0 unspecified atom stereocenters. The van der Waals surface area contributed by atoms with E-state index >= 15 is 0 Å². The number of hydrogen-bond donors (Lipinski definition) is 2. The van der Waals surface area contributed by atoms with Gasteiger partial charge in [-0.25, -0.2) is 8.78 Å². The number of hydrogen-bond acceptors (Lipinski definition) is 3. The van der Waals surface area contributed by atoms with Crippen molar-refractivity contribution in [3.63, 3.8) is 0 Å². The third kappa shape index (κ3) is 4.74. The molecule has 1 aromatic rings. The number of nitrogens with one attached hydrogen (secondary N) is 1. The van der Waals surface area contributed by atoms with Gasteiger partial charge in [0.25, 0.3) is 0 Å². The molecule has 1 saturated carbocycles. The van der Waals surface area contributed by atoms with Crippen LogP contribution >= 0.6 is 0 Å². The molecule has 1 amide bonds. The Balaban J connectivity index is 1.77. The van der Waals surface area contributed by atoms with Crippen LogP contribution in [0.15, 0.2) is 12.3 Å². The van der Waals surface area contributed by atoms with Gasteiger partial charge in [-0.1, -0.05) is 19.3 Å². The van der Waals surface area contributed by atoms with Gasteiger partial charge in [0.1, 0.15) is 11.6 Å². The lowest BCUT2D eigenvalue weighted by molar-refractivity contribution is -0.123. The van der Waals surface area contributed by atoms with Crippen molar-refractivity contribution in [3.05, 3.63) is 29.6 Å². The summed E-state index contributed by atoms with van der Waals surface area (Å²) in [6.45, 7) is -0.0800. The lowest BCUT2D eigenvalue weighted by Crippen LogP contribution is -2.34. The maximum atomic E-state index is 13.3. The molecule has 0 spiro atoms. The highest BCUT2D eigenvalue weighted by Crippen LogP contribution is 2.31. The van der Waals surface area contributed by atoms with Crippen molar-refractivity contribution < 1.29 is 18.7 Å². The summed E-state index contributed by atoms with van der Waals surface area (Å²) in [6.07, 6.45) is 6.09. The first kappa shape index (κ1) is 15.8. The number of halogens is 2. The van der Waals surface area contributed by atoms with E-state index in [1.165, 1.54) is 0 Å². The molecule has 1 heterocycles. The van der Waals surface area contributed by atoms with Gasteiger partial charge in [0, 0.05) is 12.5 Å². The van der Waals surface area contributed by atoms with Crippen LogP contribution in [0, 0.1) is 11.6 Å². The number of amides is 1. The molecule has 1 aliphatic rings. The fraction of sp³-hybridized carbons (Fsp3) is 0.600. The molecule has 1 fully saturated rings. The Hall–Kier alpha value is -1.56. The maximum Gasteiger partial charge on any atom is 0.220 e. The average molecular weight is 298 g/mol. The zero-order chi connectivity index (χ0) is 15.3. The van der Waals surface area contributed by atoms with Crippen LogP contribution in [0.5, 0.6) is 0 Å². The largest absolute Gasteiger partial charge is 0.390 e. The van der Waals surface area contributed by atoms with E-state index in [1.54, 1.807) is 0 Å². The zero-order valence-corrected chi connectivity index (χ0v) is 11.9. The minimum absolute atomic E-state index is 0.00104. The fourth-order valence-corrected chi connectivity index (χ4v) is 2.65. The Bertz CT molecular complexity index is 502. The van der Waals surface area contributed by atoms with Crippen molar-refractivity contribution in [2.75, 3.05) is 0 Å². The molecule has 6 heteroatoms. The van der Waals surface area contributed by atoms with Gasteiger partial charge >= 0.3 is 0 Å². The van der Waals surface area contributed by atoms with Crippen molar-refractivity contribution in [2.24, 2.45) is 0 Å². The fourth-order valence-electron chi connectivity index (χ4n) is 2.65. The third-order valence-corrected chi connectivity index (χ3v) is 3.94. The molecule has 1 aromatic heterocycles. The van der Waals surface area contributed by atoms with Gasteiger partial charge in [0.15, 0.2) is 0 Å². The van der Waals surface area contributed by atoms with E-state index in [-0.39, 0.29) is 24.6 Å². The number of aromatic nitrogens is 1. The van der Waals surface area contributed by atoms with Crippen molar-refractivity contribution in [1.82, 2.24) is 10.3 Å². The second kappa shape index (κ2) is 6.93. The molecule has 0 radical (unpaired) electrons. The van der Waals surface area contributed by atoms with Crippen LogP contribution in [0.2, 0.25) is 0 Å². The smallest absolute Gasteiger partial charge is 0.220 e. The molecule has 1 aliphatic carbocycles. The van der Waals surface area contributed by atoms with Gasteiger partial charge in [-0.2, -0.15) is 0 Å². The molecule has 0 aliphatic heterocycles. The molecule has 21 heavy (non-hydrogen) atoms. The van der Waals surface area contributed by atoms with Crippen LogP contribution in [0.25, 0.3) is 0 Å². The minimum Gasteiger partial charge on any atom is -0.390 e. The topological polar surface area (TPSA) is 62.2 Å². The first-order valence-corrected chi connectivity index (χ1v) is 7.27. The zero-order valence-electron chi connectivity index (χ0n) is 11.9. The van der Waals surface area contributed by atoms with Crippen molar-refractivity contribution in [2.45, 2.75) is 57.1 Å². The summed E-state index contributed by atoms with van der Waals surface area (Å²) in [7, 11) is 0. The Morgan fingerprint density at radius 3 is 2.71 bits per heavy atom. The number of pyridine rings is 1. The summed E-state index contributed by atoms with van der Waals surface area (Å²) in [5, 5.41) is 12.8. The van der Waals surface area contributed by atoms with E-state index < -0.39 is 17.2 Å². The second-order valence-electron chi connectivity index (χ2n) is 5.64. The Morgan fingerprint density at radius 2 is 2.05 bits per heavy atom. The predicted octanol–water partition coefficient (Wildman–Crippen LogP) is 2.45. The van der Waals surface area contributed by atoms with Gasteiger partial charge in [0.2, 0.25) is 5.91 Å². The van der Waals surface area contributed by atoms with Crippen molar-refractivity contribution in [3.8, 4) is 0 Å². The Morgan fingerprint density at radius 1 is 1.33 bits per heavy atom. The van der Waals surface area contributed by atoms with Crippen molar-refractivity contribution in [1.29, 1.82) is 0 Å². The molecule has 0 atom stereocenters. The summed E-state index contributed by atoms with van der Waals surface area (Å²) in [5.41, 5.74) is -0.740. The molecule has 0 bridgehead atoms. The number of carbonyl (C=O) groups excluding carboxylic acids is 1. The van der Waals surface area contributed by atoms with E-state index in [2.05, 4.69) is 10.3 Å². The normalized spacial score (nSPS) is 17.5. The summed E-state index contributed by atoms with van der Waals surface area (Å²) >= 11 is 0. The molecule has 2 rings (SSSR count). The number of aliphatic hydroxyl groups is 1. The first-order valence-electron chi connectivity index (χ1n) is 7.27. The second-order valence-corrected chi connectivity index (χ2v) is 5.64. The van der Waals surface area contributed by atoms with Crippen LogP contribution < -0.4 is 5.32 Å². The summed E-state index contributed by atoms with van der Waals surface area (Å²) < 4.78 is 26.0. The summed E-state index contributed by atoms with van der Waals surface area (Å²) in [4.78, 5) is 15.3. The van der Waals surface area contributed by atoms with Gasteiger partial charge in [-0.15, -0.1) is 0 Å². The summed E-state index contributed by atoms with van der Waals surface area (Å²) in [6, 6.07) is 0.735. The van der Waals surface area contributed by atoms with E-state index in [0.29, 0.717) is 6.42 Å². The van der Waals surface area contributed by atoms with Crippen LogP contribution in [-0.2, 0) is 11.3 Å². The number of rotatable bonds is 5. The number of carbonyl (C=O) groups is 1. The highest BCUT2D eigenvalue weighted by Gasteiger charge is 2.29. The lowest BCUT2D eigenvalue weighted by atomic mass is 9.81. The van der Waals surface area contributed by atoms with E-state index in [1.807, 2.05) is 0 Å². The Kier molecular flexibility index (Phi) is 5.22. The molecule has 0 aromatic carbocycles. The molecule has 0 saturated heterocycles. The molecule has 4 nitrogen and oxygen atoms in total. The first-order chi connectivity index (χ1) is 9.98. The minimum atomic E-state index is -0.777. The van der Waals surface area contributed by atoms with Crippen LogP contribution in [0.1, 0.15) is 50.6 Å². The molecule has 2 N–H and O–H groups in total. The molecular formula is C15H20F2N2O2. The SMILES string of the molecule is O=C(CCC1(O)CCCCC1)NCc1ncc(F)cc1F. The average Bonchev–Trinajstić information content (AvgIpc) is 2.45. The predicted molar refractivity (Wildman–Crippen MR) is 73.3 cm³/mol. The quantitative estimate of drug-likeness (QED) is 0.877. The van der Waals surface area contributed by atoms with Gasteiger partial charge < -0.3 is 10.4 Å². The molecule has 116 valence electrons. The number of nitrogens with zero attached hydrogens (tertiary/aromatic N) is 1. The standard InChI is InChI=1S/C15H20F2N2O2/c16-11-8-12(17)13(18-9-11)10-19-14(20)4-7-15(21)5-2-1-3-6-15/h8-9,21H,1-7,10H2,(H,19,20). The van der Waals surface area contributed by atoms with Gasteiger partial charge in [0.05, 0.1) is 24.0 Å². The van der Waals surface area contributed by atoms with Crippen molar-refractivity contribution >= 4 is 5.91 Å². The van der Waals surface area contributed by atoms with E-state index in [9.17, 15) is 18.7 Å². The van der Waals surface area contributed by atoms with E-state index in [4.69, 9.17) is 0 Å². The maximum absolute atomic E-state index is 13.3. The Labute approximate surface area is 122 Å². The monoisotopic (exact) mass is 298 g/mol. The lowest BCUT2D eigenvalue weighted by Gasteiger charge is -2.31. The van der Waals surface area contributed by atoms with Crippen LogP contribution in [-0.4, -0.2) is 21.6 Å². The highest BCUT2D eigenvalue weighted by atomic mass is 19.1.